The van der Waals surface area contributed by atoms with Crippen LogP contribution < -0.4 is 5.73 Å². The summed E-state index contributed by atoms with van der Waals surface area (Å²) in [7, 11) is 0. The van der Waals surface area contributed by atoms with Gasteiger partial charge in [-0.25, -0.2) is 0 Å². The summed E-state index contributed by atoms with van der Waals surface area (Å²) < 4.78 is 0. The van der Waals surface area contributed by atoms with Crippen LogP contribution in [0.5, 0.6) is 0 Å². The Labute approximate surface area is 57.5 Å². The van der Waals surface area contributed by atoms with Gasteiger partial charge in [0.25, 0.3) is 0 Å². The lowest BCUT2D eigenvalue weighted by Crippen LogP contribution is -2.18. The van der Waals surface area contributed by atoms with Gasteiger partial charge < -0.3 is 5.73 Å². The van der Waals surface area contributed by atoms with E-state index in [1.54, 1.807) is 0 Å². The first-order chi connectivity index (χ1) is 2.64. The predicted molar refractivity (Wildman–Crippen MR) is 37.6 cm³/mol. The number of nitrogens with two attached hydrogens (primary N) is 1. The van der Waals surface area contributed by atoms with Gasteiger partial charge in [0.1, 0.15) is 5.84 Å². The molecule has 0 radical (unpaired) electrons. The molecule has 0 aliphatic heterocycles. The number of amidine groups is 1. The summed E-state index contributed by atoms with van der Waals surface area (Å²) in [4.78, 5) is 0.0255. The van der Waals surface area contributed by atoms with Crippen molar-refractivity contribution < 1.29 is 0 Å². The summed E-state index contributed by atoms with van der Waals surface area (Å²) in [6.07, 6.45) is 0. The Morgan fingerprint density at radius 3 is 2.00 bits per heavy atom. The second-order valence-corrected chi connectivity index (χ2v) is 2.44. The lowest BCUT2D eigenvalue weighted by atomic mass is 10.5. The Morgan fingerprint density at radius 2 is 2.00 bits per heavy atom. The van der Waals surface area contributed by atoms with Crippen LogP contribution in [0.15, 0.2) is 0 Å². The van der Waals surface area contributed by atoms with E-state index in [2.05, 4.69) is 15.9 Å². The Morgan fingerprint density at radius 1 is 1.86 bits per heavy atom. The molecule has 0 saturated heterocycles. The molecule has 0 aliphatic rings. The molecule has 0 aliphatic carbocycles. The average Bonchev–Trinajstić information content (AvgIpc) is 1.36. The van der Waals surface area contributed by atoms with E-state index in [9.17, 15) is 0 Å². The third kappa shape index (κ3) is 6.24. The van der Waals surface area contributed by atoms with Crippen LogP contribution in [0.2, 0.25) is 0 Å². The normalized spacial score (nSPS) is 11.7. The standard InChI is InChI=1S/C3H7BrN2.ClH/c1-2(4)3(5)6;/h2H,1H3,(H3,5,6);1H. The van der Waals surface area contributed by atoms with Crippen molar-refractivity contribution in [3.63, 3.8) is 0 Å². The topological polar surface area (TPSA) is 49.9 Å². The molecule has 0 heterocycles. The van der Waals surface area contributed by atoms with Crippen molar-refractivity contribution >= 4 is 34.2 Å². The molecule has 0 aromatic heterocycles. The van der Waals surface area contributed by atoms with Crippen molar-refractivity contribution in [2.24, 2.45) is 5.73 Å². The van der Waals surface area contributed by atoms with E-state index in [4.69, 9.17) is 11.1 Å². The Kier molecular flexibility index (Phi) is 6.45. The molecule has 0 aromatic rings. The zero-order chi connectivity index (χ0) is 5.15. The summed E-state index contributed by atoms with van der Waals surface area (Å²) in [6, 6.07) is 0. The first kappa shape index (κ1) is 10.3. The summed E-state index contributed by atoms with van der Waals surface area (Å²) in [5.41, 5.74) is 4.97. The van der Waals surface area contributed by atoms with Gasteiger partial charge in [-0.1, -0.05) is 15.9 Å². The quantitative estimate of drug-likeness (QED) is 0.361. The maximum Gasteiger partial charge on any atom is 0.104 e. The van der Waals surface area contributed by atoms with Crippen LogP contribution in [-0.2, 0) is 0 Å². The van der Waals surface area contributed by atoms with Crippen LogP contribution >= 0.6 is 28.3 Å². The number of nitrogens with one attached hydrogen (secondary N) is 1. The van der Waals surface area contributed by atoms with Gasteiger partial charge in [0, 0.05) is 0 Å². The molecular weight excluding hydrogens is 179 g/mol. The van der Waals surface area contributed by atoms with Gasteiger partial charge in [-0.3, -0.25) is 5.41 Å². The number of rotatable bonds is 1. The van der Waals surface area contributed by atoms with E-state index in [1.165, 1.54) is 0 Å². The summed E-state index contributed by atoms with van der Waals surface area (Å²) in [5, 5.41) is 6.68. The minimum atomic E-state index is 0. The number of hydrogen-bond acceptors (Lipinski definition) is 1. The van der Waals surface area contributed by atoms with E-state index >= 15 is 0 Å². The van der Waals surface area contributed by atoms with E-state index < -0.39 is 0 Å². The highest BCUT2D eigenvalue weighted by Gasteiger charge is 1.93. The zero-order valence-electron chi connectivity index (χ0n) is 3.94. The molecule has 2 nitrogen and oxygen atoms in total. The SMILES string of the molecule is CC(Br)C(=N)N.Cl. The Balaban J connectivity index is 0. The molecule has 0 amide bonds. The van der Waals surface area contributed by atoms with E-state index in [0.29, 0.717) is 0 Å². The van der Waals surface area contributed by atoms with Gasteiger partial charge in [0.15, 0.2) is 0 Å². The number of hydrogen-bond donors (Lipinski definition) is 2. The smallest absolute Gasteiger partial charge is 0.104 e. The van der Waals surface area contributed by atoms with Crippen molar-refractivity contribution in [1.29, 1.82) is 5.41 Å². The summed E-state index contributed by atoms with van der Waals surface area (Å²) in [5.74, 6) is 0.176. The van der Waals surface area contributed by atoms with Crippen molar-refractivity contribution in [3.05, 3.63) is 0 Å². The molecule has 0 saturated carbocycles. The summed E-state index contributed by atoms with van der Waals surface area (Å²) in [6.45, 7) is 1.81. The highest BCUT2D eigenvalue weighted by Crippen LogP contribution is 1.92. The molecule has 0 rings (SSSR count). The Bertz CT molecular complexity index is 64.0. The van der Waals surface area contributed by atoms with Gasteiger partial charge in [-0.2, -0.15) is 0 Å². The fraction of sp³-hybridized carbons (Fsp3) is 0.667. The first-order valence-corrected chi connectivity index (χ1v) is 2.54. The second kappa shape index (κ2) is 4.40. The zero-order valence-corrected chi connectivity index (χ0v) is 6.34. The van der Waals surface area contributed by atoms with Crippen LogP contribution in [0.3, 0.4) is 0 Å². The molecule has 1 unspecified atom stereocenters. The maximum atomic E-state index is 6.68. The van der Waals surface area contributed by atoms with Gasteiger partial charge in [-0.15, -0.1) is 12.4 Å². The largest absolute Gasteiger partial charge is 0.387 e. The van der Waals surface area contributed by atoms with E-state index in [1.807, 2.05) is 6.92 Å². The van der Waals surface area contributed by atoms with Crippen molar-refractivity contribution in [2.75, 3.05) is 0 Å². The first-order valence-electron chi connectivity index (χ1n) is 1.62. The fourth-order valence-electron chi connectivity index (χ4n) is 0. The Hall–Kier alpha value is 0.240. The number of alkyl halides is 1. The minimum absolute atomic E-state index is 0. The summed E-state index contributed by atoms with van der Waals surface area (Å²) >= 11 is 3.09. The lowest BCUT2D eigenvalue weighted by Gasteiger charge is -1.93. The van der Waals surface area contributed by atoms with Gasteiger partial charge in [-0.05, 0) is 6.92 Å². The number of halogens is 2. The third-order valence-electron chi connectivity index (χ3n) is 0.429. The van der Waals surface area contributed by atoms with Gasteiger partial charge in [0.2, 0.25) is 0 Å². The second-order valence-electron chi connectivity index (χ2n) is 1.07. The molecule has 44 valence electrons. The van der Waals surface area contributed by atoms with Crippen molar-refractivity contribution in [3.8, 4) is 0 Å². The van der Waals surface area contributed by atoms with E-state index in [0.717, 1.165) is 0 Å². The molecular formula is C3H8BrClN2. The van der Waals surface area contributed by atoms with Crippen LogP contribution in [0.1, 0.15) is 6.92 Å². The van der Waals surface area contributed by atoms with Crippen LogP contribution in [0, 0.1) is 5.41 Å². The van der Waals surface area contributed by atoms with Crippen LogP contribution in [0.25, 0.3) is 0 Å². The predicted octanol–water partition coefficient (Wildman–Crippen LogP) is 1.13. The minimum Gasteiger partial charge on any atom is -0.387 e. The van der Waals surface area contributed by atoms with Crippen molar-refractivity contribution in [2.45, 2.75) is 11.8 Å². The fourth-order valence-corrected chi connectivity index (χ4v) is 0. The lowest BCUT2D eigenvalue weighted by molar-refractivity contribution is 1.25. The molecule has 3 N–H and O–H groups in total. The molecule has 0 bridgehead atoms. The monoisotopic (exact) mass is 186 g/mol. The molecule has 0 fully saturated rings. The van der Waals surface area contributed by atoms with Crippen LogP contribution in [-0.4, -0.2) is 10.7 Å². The average molecular weight is 187 g/mol. The highest BCUT2D eigenvalue weighted by atomic mass is 79.9. The van der Waals surface area contributed by atoms with Gasteiger partial charge >= 0.3 is 0 Å². The molecule has 0 spiro atoms. The molecule has 7 heavy (non-hydrogen) atoms. The van der Waals surface area contributed by atoms with Crippen LogP contribution in [0.4, 0.5) is 0 Å². The van der Waals surface area contributed by atoms with Crippen molar-refractivity contribution in [1.82, 2.24) is 0 Å². The van der Waals surface area contributed by atoms with Gasteiger partial charge in [0.05, 0.1) is 4.83 Å². The third-order valence-corrected chi connectivity index (χ3v) is 0.922. The molecule has 4 heteroatoms. The van der Waals surface area contributed by atoms with E-state index in [-0.39, 0.29) is 23.1 Å². The molecule has 1 atom stereocenters. The molecule has 0 aromatic carbocycles. The maximum absolute atomic E-state index is 6.68. The highest BCUT2D eigenvalue weighted by molar-refractivity contribution is 9.10.